The van der Waals surface area contributed by atoms with Crippen LogP contribution in [0.5, 0.6) is 11.5 Å². The van der Waals surface area contributed by atoms with E-state index in [4.69, 9.17) is 44.3 Å². The van der Waals surface area contributed by atoms with Crippen LogP contribution in [0.25, 0.3) is 0 Å². The zero-order chi connectivity index (χ0) is 16.8. The average Bonchev–Trinajstić information content (AvgIpc) is 2.50. The lowest BCUT2D eigenvalue weighted by Crippen LogP contribution is -2.20. The minimum Gasteiger partial charge on any atom is -0.494 e. The van der Waals surface area contributed by atoms with Crippen molar-refractivity contribution >= 4 is 46.4 Å². The first-order valence-corrected chi connectivity index (χ1v) is 7.93. The molecule has 7 heteroatoms. The minimum absolute atomic E-state index is 0.177. The number of benzene rings is 2. The molecule has 0 aliphatic heterocycles. The topological polar surface area (TPSA) is 47.6 Å². The number of amides is 1. The Hall–Kier alpha value is -1.62. The summed E-state index contributed by atoms with van der Waals surface area (Å²) in [5, 5.41) is 3.51. The maximum atomic E-state index is 11.9. The molecule has 2 aromatic rings. The SMILES string of the molecule is CCOc1ccc(OCC(=O)Nc2c(Cl)cc(Cl)cc2Cl)cc1. The third-order valence-corrected chi connectivity index (χ3v) is 3.59. The first-order valence-electron chi connectivity index (χ1n) is 6.79. The maximum absolute atomic E-state index is 11.9. The molecule has 1 N–H and O–H groups in total. The van der Waals surface area contributed by atoms with E-state index in [2.05, 4.69) is 5.32 Å². The average molecular weight is 375 g/mol. The Labute approximate surface area is 149 Å². The zero-order valence-corrected chi connectivity index (χ0v) is 14.5. The van der Waals surface area contributed by atoms with Crippen molar-refractivity contribution in [1.29, 1.82) is 0 Å². The molecule has 0 spiro atoms. The maximum Gasteiger partial charge on any atom is 0.262 e. The number of anilines is 1. The van der Waals surface area contributed by atoms with Crippen LogP contribution in [0, 0.1) is 0 Å². The van der Waals surface area contributed by atoms with Gasteiger partial charge in [0, 0.05) is 5.02 Å². The van der Waals surface area contributed by atoms with Gasteiger partial charge in [-0.05, 0) is 43.3 Å². The van der Waals surface area contributed by atoms with Crippen molar-refractivity contribution in [3.8, 4) is 11.5 Å². The highest BCUT2D eigenvalue weighted by Crippen LogP contribution is 2.33. The lowest BCUT2D eigenvalue weighted by atomic mass is 10.3. The van der Waals surface area contributed by atoms with Gasteiger partial charge in [-0.2, -0.15) is 0 Å². The van der Waals surface area contributed by atoms with Crippen LogP contribution in [0.1, 0.15) is 6.92 Å². The highest BCUT2D eigenvalue weighted by atomic mass is 35.5. The monoisotopic (exact) mass is 373 g/mol. The van der Waals surface area contributed by atoms with Crippen LogP contribution in [-0.2, 0) is 4.79 Å². The molecule has 0 heterocycles. The van der Waals surface area contributed by atoms with Gasteiger partial charge in [0.05, 0.1) is 22.3 Å². The molecule has 0 saturated carbocycles. The van der Waals surface area contributed by atoms with Crippen molar-refractivity contribution in [2.45, 2.75) is 6.92 Å². The van der Waals surface area contributed by atoms with Crippen LogP contribution in [-0.4, -0.2) is 19.1 Å². The van der Waals surface area contributed by atoms with E-state index in [9.17, 15) is 4.79 Å². The number of carbonyl (C=O) groups is 1. The Morgan fingerprint density at radius 1 is 1.00 bits per heavy atom. The molecule has 2 aromatic carbocycles. The summed E-state index contributed by atoms with van der Waals surface area (Å²) in [4.78, 5) is 11.9. The highest BCUT2D eigenvalue weighted by molar-refractivity contribution is 6.42. The summed E-state index contributed by atoms with van der Waals surface area (Å²) in [7, 11) is 0. The summed E-state index contributed by atoms with van der Waals surface area (Å²) in [5.41, 5.74) is 0.304. The molecule has 0 aliphatic rings. The Kier molecular flexibility index (Phi) is 6.39. The van der Waals surface area contributed by atoms with Crippen molar-refractivity contribution in [2.24, 2.45) is 0 Å². The van der Waals surface area contributed by atoms with E-state index >= 15 is 0 Å². The van der Waals surface area contributed by atoms with Gasteiger partial charge in [0.1, 0.15) is 11.5 Å². The van der Waals surface area contributed by atoms with Gasteiger partial charge in [0.15, 0.2) is 6.61 Å². The van der Waals surface area contributed by atoms with E-state index in [1.165, 1.54) is 12.1 Å². The van der Waals surface area contributed by atoms with Crippen LogP contribution in [0.4, 0.5) is 5.69 Å². The molecule has 4 nitrogen and oxygen atoms in total. The Bertz CT molecular complexity index is 666. The molecule has 1 amide bonds. The van der Waals surface area contributed by atoms with Crippen LogP contribution in [0.3, 0.4) is 0 Å². The van der Waals surface area contributed by atoms with E-state index in [0.717, 1.165) is 5.75 Å². The van der Waals surface area contributed by atoms with Gasteiger partial charge in [-0.1, -0.05) is 34.8 Å². The van der Waals surface area contributed by atoms with Crippen molar-refractivity contribution in [3.05, 3.63) is 51.5 Å². The van der Waals surface area contributed by atoms with Gasteiger partial charge in [-0.25, -0.2) is 0 Å². The fourth-order valence-corrected chi connectivity index (χ4v) is 2.70. The van der Waals surface area contributed by atoms with Crippen molar-refractivity contribution < 1.29 is 14.3 Å². The van der Waals surface area contributed by atoms with Crippen LogP contribution >= 0.6 is 34.8 Å². The van der Waals surface area contributed by atoms with Gasteiger partial charge < -0.3 is 14.8 Å². The fraction of sp³-hybridized carbons (Fsp3) is 0.188. The molecule has 0 radical (unpaired) electrons. The van der Waals surface area contributed by atoms with Crippen LogP contribution < -0.4 is 14.8 Å². The minimum atomic E-state index is -0.384. The smallest absolute Gasteiger partial charge is 0.262 e. The Balaban J connectivity index is 1.93. The number of hydrogen-bond donors (Lipinski definition) is 1. The van der Waals surface area contributed by atoms with Crippen molar-refractivity contribution in [1.82, 2.24) is 0 Å². The quantitative estimate of drug-likeness (QED) is 0.768. The predicted molar refractivity (Wildman–Crippen MR) is 93.2 cm³/mol. The summed E-state index contributed by atoms with van der Waals surface area (Å²) >= 11 is 17.8. The molecule has 0 aliphatic carbocycles. The largest absolute Gasteiger partial charge is 0.494 e. The molecule has 0 fully saturated rings. The summed E-state index contributed by atoms with van der Waals surface area (Å²) < 4.78 is 10.7. The van der Waals surface area contributed by atoms with Gasteiger partial charge in [0.25, 0.3) is 5.91 Å². The summed E-state index contributed by atoms with van der Waals surface area (Å²) in [6, 6.07) is 9.98. The van der Waals surface area contributed by atoms with E-state index in [1.54, 1.807) is 24.3 Å². The second-order valence-corrected chi connectivity index (χ2v) is 5.74. The summed E-state index contributed by atoms with van der Waals surface area (Å²) in [6.07, 6.45) is 0. The van der Waals surface area contributed by atoms with Crippen LogP contribution in [0.15, 0.2) is 36.4 Å². The number of nitrogens with one attached hydrogen (secondary N) is 1. The predicted octanol–water partition coefficient (Wildman–Crippen LogP) is 5.06. The normalized spacial score (nSPS) is 10.3. The number of ether oxygens (including phenoxy) is 2. The lowest BCUT2D eigenvalue weighted by molar-refractivity contribution is -0.118. The molecule has 0 atom stereocenters. The molecule has 23 heavy (non-hydrogen) atoms. The van der Waals surface area contributed by atoms with Crippen molar-refractivity contribution in [3.63, 3.8) is 0 Å². The first kappa shape index (κ1) is 17.7. The van der Waals surface area contributed by atoms with Gasteiger partial charge >= 0.3 is 0 Å². The standard InChI is InChI=1S/C16H14Cl3NO3/c1-2-22-11-3-5-12(6-4-11)23-9-15(21)20-16-13(18)7-10(17)8-14(16)19/h3-8H,2,9H2,1H3,(H,20,21). The molecule has 0 aromatic heterocycles. The highest BCUT2D eigenvalue weighted by Gasteiger charge is 2.12. The second kappa shape index (κ2) is 8.29. The van der Waals surface area contributed by atoms with Gasteiger partial charge in [-0.15, -0.1) is 0 Å². The zero-order valence-electron chi connectivity index (χ0n) is 12.2. The molecular formula is C16H14Cl3NO3. The third-order valence-electron chi connectivity index (χ3n) is 2.78. The lowest BCUT2D eigenvalue weighted by Gasteiger charge is -2.11. The number of hydrogen-bond acceptors (Lipinski definition) is 3. The molecule has 2 rings (SSSR count). The van der Waals surface area contributed by atoms with Crippen molar-refractivity contribution in [2.75, 3.05) is 18.5 Å². The number of rotatable bonds is 6. The van der Waals surface area contributed by atoms with E-state index < -0.39 is 0 Å². The van der Waals surface area contributed by atoms with E-state index in [1.807, 2.05) is 6.92 Å². The third kappa shape index (κ3) is 5.20. The molecular weight excluding hydrogens is 361 g/mol. The Morgan fingerprint density at radius 2 is 1.52 bits per heavy atom. The molecule has 122 valence electrons. The van der Waals surface area contributed by atoms with E-state index in [-0.39, 0.29) is 22.6 Å². The fourth-order valence-electron chi connectivity index (χ4n) is 1.78. The molecule has 0 bridgehead atoms. The van der Waals surface area contributed by atoms with Crippen LogP contribution in [0.2, 0.25) is 15.1 Å². The second-order valence-electron chi connectivity index (χ2n) is 4.49. The number of halogens is 3. The number of carbonyl (C=O) groups excluding carboxylic acids is 1. The molecule has 0 unspecified atom stereocenters. The summed E-state index contributed by atoms with van der Waals surface area (Å²) in [5.74, 6) is 0.908. The first-order chi connectivity index (χ1) is 11.0. The van der Waals surface area contributed by atoms with E-state index in [0.29, 0.717) is 23.1 Å². The summed E-state index contributed by atoms with van der Waals surface area (Å²) in [6.45, 7) is 2.32. The van der Waals surface area contributed by atoms with Gasteiger partial charge in [0.2, 0.25) is 0 Å². The molecule has 0 saturated heterocycles. The van der Waals surface area contributed by atoms with Gasteiger partial charge in [-0.3, -0.25) is 4.79 Å². The Morgan fingerprint density at radius 3 is 2.04 bits per heavy atom.